The van der Waals surface area contributed by atoms with Crippen molar-refractivity contribution in [2.24, 2.45) is 11.8 Å². The highest BCUT2D eigenvalue weighted by molar-refractivity contribution is 6.85. The molecule has 0 aliphatic carbocycles. The van der Waals surface area contributed by atoms with E-state index in [-0.39, 0.29) is 23.1 Å². The molecule has 12 heteroatoms. The van der Waals surface area contributed by atoms with E-state index in [9.17, 15) is 11.8 Å². The Bertz CT molecular complexity index is 3440. The van der Waals surface area contributed by atoms with Crippen LogP contribution >= 0.6 is 0 Å². The van der Waals surface area contributed by atoms with E-state index in [1.807, 2.05) is 97.1 Å². The van der Waals surface area contributed by atoms with E-state index in [0.29, 0.717) is 57.6 Å². The number of hydrogen-bond acceptors (Lipinski definition) is 7. The lowest BCUT2D eigenvalue weighted by Crippen LogP contribution is -2.54. The fourth-order valence-electron chi connectivity index (χ4n) is 9.79. The predicted octanol–water partition coefficient (Wildman–Crippen LogP) is 8.53. The van der Waals surface area contributed by atoms with Crippen molar-refractivity contribution >= 4 is 57.6 Å². The molecule has 0 saturated heterocycles. The number of aromatic nitrogens is 6. The monoisotopic (exact) mass is 962 g/mol. The second kappa shape index (κ2) is 22.0. The lowest BCUT2D eigenvalue weighted by molar-refractivity contribution is 0.271. The molecular weight excluding hydrogens is 910 g/mol. The fourth-order valence-corrected chi connectivity index (χ4v) is 9.79. The van der Waals surface area contributed by atoms with Crippen LogP contribution in [0.2, 0.25) is 0 Å². The van der Waals surface area contributed by atoms with E-state index >= 15 is 0 Å². The smallest absolute Gasteiger partial charge is 0.328 e. The molecule has 10 rings (SSSR count). The van der Waals surface area contributed by atoms with E-state index in [0.717, 1.165) is 44.4 Å². The molecule has 10 aromatic rings. The zero-order valence-corrected chi connectivity index (χ0v) is 41.7. The van der Waals surface area contributed by atoms with Gasteiger partial charge in [-0.3, -0.25) is 19.9 Å². The van der Waals surface area contributed by atoms with Crippen molar-refractivity contribution in [3.8, 4) is 40.1 Å². The van der Waals surface area contributed by atoms with Gasteiger partial charge in [0, 0.05) is 69.6 Å². The standard InChI is InChI=1S/C62H52B2N8O2/c1-43(2)41-73-51-30-18-20-45(36-51)59-56-57(62(58(66-5)55-40-68-33-35-70-55)72(59)64(49-26-14-8-15-27-49)50-28-16-9-17-29-50)60(46-21-19-31-52(37-46)74-42-44(3)4)71(61(56)53(38-65)54-39-67-32-34-69-54)63(47-22-10-6-11-23-47)48-24-12-7-13-25-48/h6-37,39-40,43-44H,41-42H2,1-4H3/b61-53-,62-58+. The second-order valence-corrected chi connectivity index (χ2v) is 18.9. The molecule has 74 heavy (non-hydrogen) atoms. The van der Waals surface area contributed by atoms with Crippen LogP contribution in [0, 0.1) is 29.7 Å². The van der Waals surface area contributed by atoms with Gasteiger partial charge in [0.2, 0.25) is 5.70 Å². The summed E-state index contributed by atoms with van der Waals surface area (Å²) in [4.78, 5) is 23.4. The van der Waals surface area contributed by atoms with Gasteiger partial charge in [-0.1, -0.05) is 195 Å². The van der Waals surface area contributed by atoms with Crippen molar-refractivity contribution in [3.05, 3.63) is 241 Å². The maximum Gasteiger partial charge on any atom is 0.328 e. The molecule has 0 spiro atoms. The number of hydrogen-bond donors (Lipinski definition) is 0. The molecule has 0 unspecified atom stereocenters. The molecule has 358 valence electrons. The normalized spacial score (nSPS) is 12.0. The Kier molecular flexibility index (Phi) is 14.4. The molecule has 0 saturated carbocycles. The van der Waals surface area contributed by atoms with Crippen molar-refractivity contribution in [3.63, 3.8) is 0 Å². The third kappa shape index (κ3) is 9.74. The van der Waals surface area contributed by atoms with Crippen molar-refractivity contribution in [1.82, 2.24) is 28.9 Å². The average molecular weight is 963 g/mol. The van der Waals surface area contributed by atoms with Crippen molar-refractivity contribution in [2.75, 3.05) is 13.2 Å². The highest BCUT2D eigenvalue weighted by atomic mass is 16.5. The van der Waals surface area contributed by atoms with Crippen molar-refractivity contribution < 1.29 is 9.47 Å². The third-order valence-corrected chi connectivity index (χ3v) is 12.8. The lowest BCUT2D eigenvalue weighted by atomic mass is 9.50. The van der Waals surface area contributed by atoms with Gasteiger partial charge in [-0.25, -0.2) is 4.85 Å². The van der Waals surface area contributed by atoms with Gasteiger partial charge in [0.1, 0.15) is 28.8 Å². The minimum absolute atomic E-state index is 0.264. The van der Waals surface area contributed by atoms with Crippen molar-refractivity contribution in [2.45, 2.75) is 27.7 Å². The molecule has 0 atom stereocenters. The largest absolute Gasteiger partial charge is 0.493 e. The quantitative estimate of drug-likeness (QED) is 0.0706. The topological polar surface area (TPSA) is 108 Å². The summed E-state index contributed by atoms with van der Waals surface area (Å²) in [6.45, 7) is 17.8. The summed E-state index contributed by atoms with van der Waals surface area (Å²) in [6.07, 6.45) is 9.77. The van der Waals surface area contributed by atoms with Gasteiger partial charge in [0.25, 0.3) is 0 Å². The molecule has 0 N–H and O–H groups in total. The van der Waals surface area contributed by atoms with E-state index in [2.05, 4.69) is 130 Å². The number of ether oxygens (including phenoxy) is 2. The van der Waals surface area contributed by atoms with Gasteiger partial charge in [0.05, 0.1) is 37.0 Å². The molecule has 6 aromatic carbocycles. The molecule has 0 radical (unpaired) electrons. The zero-order chi connectivity index (χ0) is 51.0. The minimum Gasteiger partial charge on any atom is -0.493 e. The van der Waals surface area contributed by atoms with Crippen LogP contribution in [0.3, 0.4) is 0 Å². The zero-order valence-electron chi connectivity index (χ0n) is 41.7. The Hall–Kier alpha value is -9.25. The number of fused-ring (bicyclic) bond motifs is 1. The molecule has 4 aromatic heterocycles. The van der Waals surface area contributed by atoms with E-state index in [4.69, 9.17) is 19.4 Å². The van der Waals surface area contributed by atoms with Gasteiger partial charge in [-0.05, 0) is 36.1 Å². The predicted molar refractivity (Wildman–Crippen MR) is 299 cm³/mol. The van der Waals surface area contributed by atoms with Crippen molar-refractivity contribution in [1.29, 1.82) is 5.26 Å². The maximum atomic E-state index is 12.0. The third-order valence-electron chi connectivity index (χ3n) is 12.8. The summed E-state index contributed by atoms with van der Waals surface area (Å²) in [6, 6.07) is 60.4. The number of benzene rings is 6. The summed E-state index contributed by atoms with van der Waals surface area (Å²) in [5, 5.41) is 14.6. The van der Waals surface area contributed by atoms with Crippen LogP contribution in [-0.2, 0) is 0 Å². The molecule has 4 heterocycles. The molecule has 0 bridgehead atoms. The lowest BCUT2D eigenvalue weighted by Gasteiger charge is -2.24. The Balaban J connectivity index is 1.58. The van der Waals surface area contributed by atoms with Gasteiger partial charge in [-0.2, -0.15) is 5.26 Å². The molecule has 0 aliphatic heterocycles. The first-order valence-electron chi connectivity index (χ1n) is 24.9. The molecule has 0 fully saturated rings. The van der Waals surface area contributed by atoms with Crippen LogP contribution in [0.5, 0.6) is 11.5 Å². The summed E-state index contributed by atoms with van der Waals surface area (Å²) in [5.74, 6) is 1.89. The van der Waals surface area contributed by atoms with Gasteiger partial charge in [0.15, 0.2) is 0 Å². The fraction of sp³-hybridized carbons (Fsp3) is 0.129. The first-order valence-corrected chi connectivity index (χ1v) is 24.9. The van der Waals surface area contributed by atoms with Crippen LogP contribution < -0.4 is 42.0 Å². The highest BCUT2D eigenvalue weighted by Gasteiger charge is 2.37. The Labute approximate surface area is 432 Å². The number of rotatable bonds is 16. The molecular formula is C62H52B2N8O2. The van der Waals surface area contributed by atoms with Crippen LogP contribution in [0.4, 0.5) is 0 Å². The molecule has 0 amide bonds. The Morgan fingerprint density at radius 3 is 1.32 bits per heavy atom. The number of nitrogens with zero attached hydrogens (tertiary/aromatic N) is 8. The minimum atomic E-state index is -0.545. The second-order valence-electron chi connectivity index (χ2n) is 18.9. The van der Waals surface area contributed by atoms with Crippen LogP contribution in [-0.4, -0.2) is 55.8 Å². The number of nitriles is 1. The van der Waals surface area contributed by atoms with E-state index in [1.165, 1.54) is 0 Å². The van der Waals surface area contributed by atoms with Gasteiger partial charge in [-0.15, -0.1) is 0 Å². The van der Waals surface area contributed by atoms with Crippen LogP contribution in [0.1, 0.15) is 39.1 Å². The van der Waals surface area contributed by atoms with Gasteiger partial charge >= 0.3 is 13.7 Å². The molecule has 10 nitrogen and oxygen atoms in total. The van der Waals surface area contributed by atoms with E-state index < -0.39 is 13.7 Å². The van der Waals surface area contributed by atoms with Crippen LogP contribution in [0.25, 0.3) is 49.4 Å². The first kappa shape index (κ1) is 48.4. The summed E-state index contributed by atoms with van der Waals surface area (Å²) >= 11 is 0. The van der Waals surface area contributed by atoms with E-state index in [1.54, 1.807) is 37.2 Å². The summed E-state index contributed by atoms with van der Waals surface area (Å²) in [5.41, 5.74) is 8.30. The van der Waals surface area contributed by atoms with Gasteiger partial charge < -0.3 is 18.4 Å². The Morgan fingerprint density at radius 1 is 0.541 bits per heavy atom. The van der Waals surface area contributed by atoms with Crippen LogP contribution in [0.15, 0.2) is 207 Å². The molecule has 0 aliphatic rings. The summed E-state index contributed by atoms with van der Waals surface area (Å²) in [7, 11) is 0. The first-order chi connectivity index (χ1) is 36.3. The Morgan fingerprint density at radius 2 is 0.946 bits per heavy atom. The maximum absolute atomic E-state index is 12.0. The SMILES string of the molecule is [C-]#[N+]/C(c1cnccn1)=c1\c2c(-c3cccc(OCC(C)C)c3)n(B(c3ccccc3)c3ccccc3)/c(=C(/C#N)c3cnccn3)c2c(-c2cccc(OCC(C)C)c2)n1B(c1ccccc1)c1ccccc1. The average Bonchev–Trinajstić information content (AvgIpc) is 3.94. The highest BCUT2D eigenvalue weighted by Crippen LogP contribution is 2.38. The summed E-state index contributed by atoms with van der Waals surface area (Å²) < 4.78 is 17.7.